The van der Waals surface area contributed by atoms with Crippen LogP contribution in [0.2, 0.25) is 0 Å². The summed E-state index contributed by atoms with van der Waals surface area (Å²) in [6.45, 7) is 1.35. The van der Waals surface area contributed by atoms with E-state index in [0.29, 0.717) is 19.5 Å². The van der Waals surface area contributed by atoms with Crippen molar-refractivity contribution < 1.29 is 9.90 Å². The fourth-order valence-electron chi connectivity index (χ4n) is 3.29. The number of carbonyl (C=O) groups excluding carboxylic acids is 1. The number of carbonyl (C=O) groups is 1. The van der Waals surface area contributed by atoms with E-state index in [0.717, 1.165) is 24.2 Å². The minimum atomic E-state index is -0.975. The number of rotatable bonds is 4. The van der Waals surface area contributed by atoms with Gasteiger partial charge in [0.2, 0.25) is 0 Å². The molecule has 0 spiro atoms. The van der Waals surface area contributed by atoms with Crippen molar-refractivity contribution in [1.82, 2.24) is 14.5 Å². The number of benzene rings is 1. The van der Waals surface area contributed by atoms with Gasteiger partial charge in [-0.05, 0) is 18.4 Å². The van der Waals surface area contributed by atoms with E-state index in [1.807, 2.05) is 48.1 Å². The molecule has 0 radical (unpaired) electrons. The molecule has 1 amide bonds. The van der Waals surface area contributed by atoms with Crippen LogP contribution < -0.4 is 0 Å². The highest BCUT2D eigenvalue weighted by Gasteiger charge is 2.30. The summed E-state index contributed by atoms with van der Waals surface area (Å²) in [5, 5.41) is 10.3. The topological polar surface area (TPSA) is 58.4 Å². The lowest BCUT2D eigenvalue weighted by atomic mass is 9.96. The summed E-state index contributed by atoms with van der Waals surface area (Å²) < 4.78 is 2.01. The molecule has 2 atom stereocenters. The molecule has 1 aromatic heterocycles. The Balaban J connectivity index is 1.64. The van der Waals surface area contributed by atoms with Crippen molar-refractivity contribution in [2.24, 2.45) is 7.05 Å². The normalized spacial score (nSPS) is 19.6. The molecule has 1 aromatic carbocycles. The lowest BCUT2D eigenvalue weighted by molar-refractivity contribution is -0.141. The molecule has 5 nitrogen and oxygen atoms in total. The first kappa shape index (κ1) is 15.7. The van der Waals surface area contributed by atoms with Gasteiger partial charge in [0.15, 0.2) is 0 Å². The SMILES string of the molecule is Cn1ccnc1[C@@H]1CCCN(C(=O)[C@@H](O)Cc2ccccc2)C1. The quantitative estimate of drug-likeness (QED) is 0.935. The Kier molecular flexibility index (Phi) is 4.76. The van der Waals surface area contributed by atoms with Crippen molar-refractivity contribution in [3.8, 4) is 0 Å². The van der Waals surface area contributed by atoms with Crippen molar-refractivity contribution in [1.29, 1.82) is 0 Å². The molecule has 1 aliphatic heterocycles. The summed E-state index contributed by atoms with van der Waals surface area (Å²) in [5.74, 6) is 1.09. The van der Waals surface area contributed by atoms with E-state index in [-0.39, 0.29) is 11.8 Å². The molecule has 1 fully saturated rings. The zero-order valence-corrected chi connectivity index (χ0v) is 13.4. The zero-order chi connectivity index (χ0) is 16.2. The molecule has 5 heteroatoms. The van der Waals surface area contributed by atoms with Gasteiger partial charge in [0.1, 0.15) is 11.9 Å². The highest BCUT2D eigenvalue weighted by molar-refractivity contribution is 5.81. The van der Waals surface area contributed by atoms with Gasteiger partial charge < -0.3 is 14.6 Å². The number of piperidine rings is 1. The Morgan fingerprint density at radius 3 is 2.87 bits per heavy atom. The Hall–Kier alpha value is -2.14. The summed E-state index contributed by atoms with van der Waals surface area (Å²) in [7, 11) is 1.98. The summed E-state index contributed by atoms with van der Waals surface area (Å²) in [4.78, 5) is 18.7. The van der Waals surface area contributed by atoms with E-state index in [4.69, 9.17) is 0 Å². The Morgan fingerprint density at radius 1 is 1.39 bits per heavy atom. The standard InChI is InChI=1S/C18H23N3O2/c1-20-11-9-19-17(20)15-8-5-10-21(13-15)18(23)16(22)12-14-6-3-2-4-7-14/h2-4,6-7,9,11,15-16,22H,5,8,10,12-13H2,1H3/t15-,16+/m1/s1. The smallest absolute Gasteiger partial charge is 0.251 e. The predicted molar refractivity (Wildman–Crippen MR) is 87.9 cm³/mol. The van der Waals surface area contributed by atoms with Crippen molar-refractivity contribution in [2.45, 2.75) is 31.3 Å². The number of aromatic nitrogens is 2. The lowest BCUT2D eigenvalue weighted by Gasteiger charge is -2.33. The number of likely N-dealkylation sites (tertiary alicyclic amines) is 1. The van der Waals surface area contributed by atoms with Crippen LogP contribution in [0, 0.1) is 0 Å². The molecular weight excluding hydrogens is 290 g/mol. The van der Waals surface area contributed by atoms with Gasteiger partial charge in [-0.2, -0.15) is 0 Å². The monoisotopic (exact) mass is 313 g/mol. The van der Waals surface area contributed by atoms with Crippen LogP contribution in [-0.4, -0.2) is 44.7 Å². The highest BCUT2D eigenvalue weighted by atomic mass is 16.3. The van der Waals surface area contributed by atoms with Crippen molar-refractivity contribution >= 4 is 5.91 Å². The predicted octanol–water partition coefficient (Wildman–Crippen LogP) is 1.73. The minimum absolute atomic E-state index is 0.173. The van der Waals surface area contributed by atoms with Gasteiger partial charge in [-0.15, -0.1) is 0 Å². The maximum atomic E-state index is 12.6. The van der Waals surface area contributed by atoms with Gasteiger partial charge >= 0.3 is 0 Å². The Labute approximate surface area is 136 Å². The molecule has 3 rings (SSSR count). The molecule has 1 N–H and O–H groups in total. The second kappa shape index (κ2) is 6.96. The van der Waals surface area contributed by atoms with E-state index in [1.165, 1.54) is 0 Å². The summed E-state index contributed by atoms with van der Waals surface area (Å²) >= 11 is 0. The third-order valence-electron chi connectivity index (χ3n) is 4.51. The average molecular weight is 313 g/mol. The van der Waals surface area contributed by atoms with Crippen molar-refractivity contribution in [3.63, 3.8) is 0 Å². The lowest BCUT2D eigenvalue weighted by Crippen LogP contribution is -2.45. The molecule has 2 aromatic rings. The molecule has 0 saturated carbocycles. The minimum Gasteiger partial charge on any atom is -0.383 e. The largest absolute Gasteiger partial charge is 0.383 e. The second-order valence-corrected chi connectivity index (χ2v) is 6.23. The molecule has 122 valence electrons. The van der Waals surface area contributed by atoms with Crippen molar-refractivity contribution in [2.75, 3.05) is 13.1 Å². The first-order chi connectivity index (χ1) is 11.1. The highest BCUT2D eigenvalue weighted by Crippen LogP contribution is 2.26. The van der Waals surface area contributed by atoms with Crippen LogP contribution in [-0.2, 0) is 18.3 Å². The van der Waals surface area contributed by atoms with E-state index in [9.17, 15) is 9.90 Å². The molecule has 0 aliphatic carbocycles. The van der Waals surface area contributed by atoms with Crippen LogP contribution in [0.1, 0.15) is 30.1 Å². The molecular formula is C18H23N3O2. The summed E-state index contributed by atoms with van der Waals surface area (Å²) in [6, 6.07) is 9.64. The summed E-state index contributed by atoms with van der Waals surface area (Å²) in [6.07, 6.45) is 5.09. The number of imidazole rings is 1. The second-order valence-electron chi connectivity index (χ2n) is 6.23. The Bertz CT molecular complexity index is 653. The fraction of sp³-hybridized carbons (Fsp3) is 0.444. The van der Waals surface area contributed by atoms with Crippen LogP contribution >= 0.6 is 0 Å². The van der Waals surface area contributed by atoms with Gasteiger partial charge in [0, 0.05) is 44.9 Å². The molecule has 0 bridgehead atoms. The maximum Gasteiger partial charge on any atom is 0.251 e. The first-order valence-corrected chi connectivity index (χ1v) is 8.13. The number of aliphatic hydroxyl groups is 1. The third kappa shape index (κ3) is 3.62. The van der Waals surface area contributed by atoms with Crippen molar-refractivity contribution in [3.05, 3.63) is 54.1 Å². The van der Waals surface area contributed by atoms with E-state index >= 15 is 0 Å². The Morgan fingerprint density at radius 2 is 2.17 bits per heavy atom. The van der Waals surface area contributed by atoms with Gasteiger partial charge in [0.05, 0.1) is 0 Å². The average Bonchev–Trinajstić information content (AvgIpc) is 3.01. The first-order valence-electron chi connectivity index (χ1n) is 8.13. The number of amides is 1. The van der Waals surface area contributed by atoms with Gasteiger partial charge in [-0.25, -0.2) is 4.98 Å². The number of hydrogen-bond acceptors (Lipinski definition) is 3. The number of aryl methyl sites for hydroxylation is 1. The molecule has 2 heterocycles. The summed E-state index contributed by atoms with van der Waals surface area (Å²) in [5.41, 5.74) is 0.978. The zero-order valence-electron chi connectivity index (χ0n) is 13.4. The maximum absolute atomic E-state index is 12.6. The van der Waals surface area contributed by atoms with E-state index in [1.54, 1.807) is 11.1 Å². The van der Waals surface area contributed by atoms with Crippen LogP contribution in [0.5, 0.6) is 0 Å². The van der Waals surface area contributed by atoms with Gasteiger partial charge in [0.25, 0.3) is 5.91 Å². The van der Waals surface area contributed by atoms with Crippen LogP contribution in [0.3, 0.4) is 0 Å². The number of aliphatic hydroxyl groups excluding tert-OH is 1. The molecule has 23 heavy (non-hydrogen) atoms. The molecule has 1 aliphatic rings. The van der Waals surface area contributed by atoms with E-state index < -0.39 is 6.10 Å². The van der Waals surface area contributed by atoms with Gasteiger partial charge in [-0.1, -0.05) is 30.3 Å². The molecule has 1 saturated heterocycles. The third-order valence-corrected chi connectivity index (χ3v) is 4.51. The van der Waals surface area contributed by atoms with E-state index in [2.05, 4.69) is 4.98 Å². The number of nitrogens with zero attached hydrogens (tertiary/aromatic N) is 3. The number of hydrogen-bond donors (Lipinski definition) is 1. The fourth-order valence-corrected chi connectivity index (χ4v) is 3.29. The molecule has 0 unspecified atom stereocenters. The van der Waals surface area contributed by atoms with Gasteiger partial charge in [-0.3, -0.25) is 4.79 Å². The van der Waals surface area contributed by atoms with Crippen LogP contribution in [0.4, 0.5) is 0 Å². The van der Waals surface area contributed by atoms with Crippen LogP contribution in [0.25, 0.3) is 0 Å². The van der Waals surface area contributed by atoms with Crippen LogP contribution in [0.15, 0.2) is 42.7 Å².